The predicted octanol–water partition coefficient (Wildman–Crippen LogP) is 14.3. The Hall–Kier alpha value is -7.41. The van der Waals surface area contributed by atoms with Crippen molar-refractivity contribution in [3.8, 4) is 45.3 Å². The van der Waals surface area contributed by atoms with Crippen LogP contribution in [0.4, 0.5) is 17.1 Å². The number of fused-ring (bicyclic) bond motifs is 6. The minimum absolute atomic E-state index is 0.593. The van der Waals surface area contributed by atoms with E-state index in [0.717, 1.165) is 66.8 Å². The fourth-order valence-corrected chi connectivity index (χ4v) is 9.01. The summed E-state index contributed by atoms with van der Waals surface area (Å²) in [6.07, 6.45) is 0. The summed E-state index contributed by atoms with van der Waals surface area (Å²) in [5.74, 6) is 1.84. The summed E-state index contributed by atoms with van der Waals surface area (Å²) in [7, 11) is 0. The van der Waals surface area contributed by atoms with Crippen LogP contribution in [-0.4, -0.2) is 15.0 Å². The van der Waals surface area contributed by atoms with Gasteiger partial charge in [0.25, 0.3) is 0 Å². The molecule has 57 heavy (non-hydrogen) atoms. The molecule has 0 fully saturated rings. The van der Waals surface area contributed by atoms with Gasteiger partial charge in [0.2, 0.25) is 0 Å². The Balaban J connectivity index is 1.00. The van der Waals surface area contributed by atoms with Crippen LogP contribution in [0.3, 0.4) is 0 Å². The van der Waals surface area contributed by atoms with Gasteiger partial charge in [-0.25, -0.2) is 15.0 Å². The highest BCUT2D eigenvalue weighted by Crippen LogP contribution is 2.45. The molecular formula is C51H32N4OS. The first-order valence-corrected chi connectivity index (χ1v) is 19.8. The molecule has 0 radical (unpaired) electrons. The summed E-state index contributed by atoms with van der Waals surface area (Å²) in [4.78, 5) is 17.1. The topological polar surface area (TPSA) is 55.1 Å². The van der Waals surface area contributed by atoms with E-state index in [2.05, 4.69) is 126 Å². The first-order valence-electron chi connectivity index (χ1n) is 18.9. The van der Waals surface area contributed by atoms with E-state index in [0.29, 0.717) is 17.5 Å². The zero-order valence-electron chi connectivity index (χ0n) is 30.6. The average molecular weight is 749 g/mol. The molecule has 6 heteroatoms. The van der Waals surface area contributed by atoms with Crippen molar-refractivity contribution in [3.05, 3.63) is 194 Å². The van der Waals surface area contributed by atoms with E-state index in [9.17, 15) is 0 Å². The summed E-state index contributed by atoms with van der Waals surface area (Å²) in [6.45, 7) is 0. The fraction of sp³-hybridized carbons (Fsp3) is 0. The molecule has 3 aromatic heterocycles. The van der Waals surface area contributed by atoms with Crippen LogP contribution < -0.4 is 4.90 Å². The number of rotatable bonds is 7. The van der Waals surface area contributed by atoms with Crippen molar-refractivity contribution >= 4 is 70.5 Å². The molecule has 0 spiro atoms. The molecule has 0 saturated heterocycles. The molecule has 11 aromatic rings. The predicted molar refractivity (Wildman–Crippen MR) is 236 cm³/mol. The number of benzene rings is 8. The minimum Gasteiger partial charge on any atom is -0.456 e. The fourth-order valence-electron chi connectivity index (χ4n) is 7.88. The largest absolute Gasteiger partial charge is 0.456 e. The third kappa shape index (κ3) is 5.82. The lowest BCUT2D eigenvalue weighted by molar-refractivity contribution is 0.669. The number of nitrogens with zero attached hydrogens (tertiary/aromatic N) is 4. The van der Waals surface area contributed by atoms with Gasteiger partial charge in [-0.15, -0.1) is 11.3 Å². The van der Waals surface area contributed by atoms with Crippen LogP contribution in [0.25, 0.3) is 87.4 Å². The molecule has 0 atom stereocenters. The maximum atomic E-state index is 6.57. The Kier molecular flexibility index (Phi) is 7.93. The molecule has 0 aliphatic carbocycles. The van der Waals surface area contributed by atoms with E-state index in [-0.39, 0.29) is 0 Å². The molecule has 0 unspecified atom stereocenters. The van der Waals surface area contributed by atoms with Crippen molar-refractivity contribution in [1.82, 2.24) is 15.0 Å². The van der Waals surface area contributed by atoms with Crippen molar-refractivity contribution in [1.29, 1.82) is 0 Å². The molecule has 5 nitrogen and oxygen atoms in total. The molecule has 268 valence electrons. The van der Waals surface area contributed by atoms with Gasteiger partial charge >= 0.3 is 0 Å². The Labute approximate surface area is 332 Å². The quantitative estimate of drug-likeness (QED) is 0.162. The van der Waals surface area contributed by atoms with Gasteiger partial charge in [-0.05, 0) is 71.8 Å². The lowest BCUT2D eigenvalue weighted by Gasteiger charge is -2.26. The van der Waals surface area contributed by atoms with Crippen LogP contribution in [0, 0.1) is 0 Å². The van der Waals surface area contributed by atoms with Crippen molar-refractivity contribution in [2.75, 3.05) is 4.90 Å². The molecule has 11 rings (SSSR count). The first-order chi connectivity index (χ1) is 28.2. The van der Waals surface area contributed by atoms with Crippen molar-refractivity contribution in [2.24, 2.45) is 0 Å². The molecule has 0 saturated carbocycles. The number of anilines is 3. The SMILES string of the molecule is c1ccc(-c2nc(-c3ccccc3)nc(-c3ccc4c(c3)oc3cccc(-c5ccc(N(c6ccccc6)c6cccc7sc8ccccc8c67)cc5)c34)n2)cc1. The van der Waals surface area contributed by atoms with Crippen molar-refractivity contribution in [3.63, 3.8) is 0 Å². The highest BCUT2D eigenvalue weighted by molar-refractivity contribution is 7.26. The van der Waals surface area contributed by atoms with Gasteiger partial charge in [0, 0.05) is 59.0 Å². The van der Waals surface area contributed by atoms with Gasteiger partial charge < -0.3 is 9.32 Å². The Bertz CT molecular complexity index is 3170. The molecule has 3 heterocycles. The second-order valence-corrected chi connectivity index (χ2v) is 15.1. The Morgan fingerprint density at radius 1 is 0.386 bits per heavy atom. The van der Waals surface area contributed by atoms with Crippen LogP contribution >= 0.6 is 11.3 Å². The third-order valence-electron chi connectivity index (χ3n) is 10.5. The monoisotopic (exact) mass is 748 g/mol. The number of thiophene rings is 1. The van der Waals surface area contributed by atoms with E-state index < -0.39 is 0 Å². The highest BCUT2D eigenvalue weighted by Gasteiger charge is 2.20. The maximum absolute atomic E-state index is 6.57. The Morgan fingerprint density at radius 3 is 1.68 bits per heavy atom. The van der Waals surface area contributed by atoms with Crippen LogP contribution in [0.15, 0.2) is 199 Å². The second-order valence-electron chi connectivity index (χ2n) is 14.0. The van der Waals surface area contributed by atoms with E-state index in [1.807, 2.05) is 84.1 Å². The standard InChI is InChI=1S/C51H32N4OS/c1-4-14-34(15-5-1)49-52-50(35-16-6-2-7-17-35)54-51(53-49)36-28-31-40-44(32-36)56-43-23-12-21-39(47(40)43)33-26-29-38(30-27-33)55(37-18-8-3-9-19-37)42-22-13-25-46-48(42)41-20-10-11-24-45(41)57-46/h1-32H. The normalized spacial score (nSPS) is 11.5. The lowest BCUT2D eigenvalue weighted by atomic mass is 9.98. The number of para-hydroxylation sites is 1. The summed E-state index contributed by atoms with van der Waals surface area (Å²) in [5, 5.41) is 4.66. The Morgan fingerprint density at radius 2 is 0.965 bits per heavy atom. The maximum Gasteiger partial charge on any atom is 0.164 e. The highest BCUT2D eigenvalue weighted by atomic mass is 32.1. The average Bonchev–Trinajstić information content (AvgIpc) is 3.86. The molecule has 0 aliphatic rings. The lowest BCUT2D eigenvalue weighted by Crippen LogP contribution is -2.10. The van der Waals surface area contributed by atoms with Gasteiger partial charge in [-0.3, -0.25) is 0 Å². The van der Waals surface area contributed by atoms with Gasteiger partial charge in [0.1, 0.15) is 11.2 Å². The van der Waals surface area contributed by atoms with Crippen molar-refractivity contribution < 1.29 is 4.42 Å². The molecular weight excluding hydrogens is 717 g/mol. The summed E-state index contributed by atoms with van der Waals surface area (Å²) in [6, 6.07) is 67.5. The van der Waals surface area contributed by atoms with E-state index in [1.54, 1.807) is 0 Å². The van der Waals surface area contributed by atoms with E-state index >= 15 is 0 Å². The van der Waals surface area contributed by atoms with Crippen molar-refractivity contribution in [2.45, 2.75) is 0 Å². The summed E-state index contributed by atoms with van der Waals surface area (Å²) < 4.78 is 9.14. The third-order valence-corrected chi connectivity index (χ3v) is 11.7. The molecule has 0 aliphatic heterocycles. The van der Waals surface area contributed by atoms with Crippen LogP contribution in [0.1, 0.15) is 0 Å². The number of aromatic nitrogens is 3. The number of hydrogen-bond donors (Lipinski definition) is 0. The van der Waals surface area contributed by atoms with Gasteiger partial charge in [0.05, 0.1) is 5.69 Å². The molecule has 8 aromatic carbocycles. The first kappa shape index (κ1) is 33.0. The van der Waals surface area contributed by atoms with E-state index in [1.165, 1.54) is 20.2 Å². The van der Waals surface area contributed by atoms with Gasteiger partial charge in [-0.2, -0.15) is 0 Å². The molecule has 0 N–H and O–H groups in total. The smallest absolute Gasteiger partial charge is 0.164 e. The van der Waals surface area contributed by atoms with Crippen LogP contribution in [0.2, 0.25) is 0 Å². The van der Waals surface area contributed by atoms with Gasteiger partial charge in [0.15, 0.2) is 17.5 Å². The van der Waals surface area contributed by atoms with Gasteiger partial charge in [-0.1, -0.05) is 133 Å². The van der Waals surface area contributed by atoms with Crippen LogP contribution in [-0.2, 0) is 0 Å². The minimum atomic E-state index is 0.593. The molecule has 0 amide bonds. The second kappa shape index (κ2) is 13.7. The van der Waals surface area contributed by atoms with Crippen LogP contribution in [0.5, 0.6) is 0 Å². The summed E-state index contributed by atoms with van der Waals surface area (Å²) in [5.41, 5.74) is 9.91. The van der Waals surface area contributed by atoms with E-state index in [4.69, 9.17) is 19.4 Å². The summed E-state index contributed by atoms with van der Waals surface area (Å²) >= 11 is 1.84. The zero-order valence-corrected chi connectivity index (χ0v) is 31.4. The number of hydrogen-bond acceptors (Lipinski definition) is 6. The molecule has 0 bridgehead atoms. The number of furan rings is 1. The zero-order chi connectivity index (χ0) is 37.7.